The van der Waals surface area contributed by atoms with E-state index in [-0.39, 0.29) is 11.9 Å². The quantitative estimate of drug-likeness (QED) is 0.849. The van der Waals surface area contributed by atoms with Crippen LogP contribution in [0.3, 0.4) is 0 Å². The first-order valence-corrected chi connectivity index (χ1v) is 6.12. The van der Waals surface area contributed by atoms with Crippen LogP contribution in [-0.4, -0.2) is 17.3 Å². The summed E-state index contributed by atoms with van der Waals surface area (Å²) in [4.78, 5) is 11.4. The summed E-state index contributed by atoms with van der Waals surface area (Å²) in [5, 5.41) is 5.32. The number of hydrogen-bond donors (Lipinski definition) is 1. The minimum absolute atomic E-state index is 0.0740. The Bertz CT molecular complexity index is 302. The van der Waals surface area contributed by atoms with Gasteiger partial charge in [-0.3, -0.25) is 4.79 Å². The van der Waals surface area contributed by atoms with E-state index in [1.165, 1.54) is 11.3 Å². The number of rotatable bonds is 3. The zero-order valence-electron chi connectivity index (χ0n) is 7.01. The van der Waals surface area contributed by atoms with E-state index < -0.39 is 0 Å². The van der Waals surface area contributed by atoms with Crippen LogP contribution >= 0.6 is 38.9 Å². The van der Waals surface area contributed by atoms with Gasteiger partial charge >= 0.3 is 0 Å². The molecule has 1 unspecified atom stereocenters. The number of thiophene rings is 1. The van der Waals surface area contributed by atoms with Gasteiger partial charge in [-0.25, -0.2) is 0 Å². The Balaban J connectivity index is 2.58. The number of amides is 1. The lowest BCUT2D eigenvalue weighted by Crippen LogP contribution is -2.33. The summed E-state index contributed by atoms with van der Waals surface area (Å²) in [6.45, 7) is 1.93. The first-order chi connectivity index (χ1) is 6.13. The van der Waals surface area contributed by atoms with Gasteiger partial charge in [0.05, 0.1) is 9.90 Å². The Labute approximate surface area is 94.4 Å². The number of carbonyl (C=O) groups excluding carboxylic acids is 1. The normalized spacial score (nSPS) is 12.5. The number of hydrogen-bond acceptors (Lipinski definition) is 2. The van der Waals surface area contributed by atoms with E-state index in [1.54, 1.807) is 11.4 Å². The molecule has 0 spiro atoms. The molecule has 0 saturated heterocycles. The molecule has 2 nitrogen and oxygen atoms in total. The molecule has 13 heavy (non-hydrogen) atoms. The molecule has 0 saturated carbocycles. The molecule has 1 aromatic heterocycles. The van der Waals surface area contributed by atoms with Crippen LogP contribution in [0.1, 0.15) is 17.3 Å². The molecule has 1 atom stereocenters. The summed E-state index contributed by atoms with van der Waals surface area (Å²) >= 11 is 10.3. The Morgan fingerprint density at radius 2 is 2.54 bits per heavy atom. The van der Waals surface area contributed by atoms with Gasteiger partial charge in [-0.2, -0.15) is 0 Å². The van der Waals surface area contributed by atoms with Crippen molar-refractivity contribution in [2.24, 2.45) is 0 Å². The van der Waals surface area contributed by atoms with Crippen molar-refractivity contribution in [1.29, 1.82) is 0 Å². The van der Waals surface area contributed by atoms with E-state index in [4.69, 9.17) is 11.6 Å². The molecular weight excluding hydrogens is 274 g/mol. The molecule has 0 bridgehead atoms. The second-order valence-electron chi connectivity index (χ2n) is 2.67. The van der Waals surface area contributed by atoms with Gasteiger partial charge in [-0.15, -0.1) is 11.3 Å². The van der Waals surface area contributed by atoms with Gasteiger partial charge in [-0.05, 0) is 13.0 Å². The Morgan fingerprint density at radius 1 is 1.85 bits per heavy atom. The second kappa shape index (κ2) is 4.98. The molecule has 0 aliphatic heterocycles. The number of halogens is 2. The maximum Gasteiger partial charge on any atom is 0.252 e. The number of nitrogens with one attached hydrogen (secondary N) is 1. The van der Waals surface area contributed by atoms with E-state index in [1.807, 2.05) is 6.92 Å². The first-order valence-electron chi connectivity index (χ1n) is 3.74. The van der Waals surface area contributed by atoms with Crippen molar-refractivity contribution in [3.8, 4) is 0 Å². The van der Waals surface area contributed by atoms with Gasteiger partial charge in [0.2, 0.25) is 0 Å². The summed E-state index contributed by atoms with van der Waals surface area (Å²) in [6.07, 6.45) is 0. The van der Waals surface area contributed by atoms with Crippen LogP contribution in [0.2, 0.25) is 4.34 Å². The van der Waals surface area contributed by atoms with Gasteiger partial charge in [0.1, 0.15) is 0 Å². The van der Waals surface area contributed by atoms with E-state index in [2.05, 4.69) is 21.2 Å². The molecule has 1 N–H and O–H groups in total. The van der Waals surface area contributed by atoms with Gasteiger partial charge in [-0.1, -0.05) is 27.5 Å². The molecule has 0 aromatic carbocycles. The molecule has 1 aromatic rings. The van der Waals surface area contributed by atoms with Crippen LogP contribution in [0.15, 0.2) is 11.4 Å². The zero-order chi connectivity index (χ0) is 9.84. The Hall–Kier alpha value is -0.0600. The largest absolute Gasteiger partial charge is 0.349 e. The van der Waals surface area contributed by atoms with Gasteiger partial charge in [0.25, 0.3) is 5.91 Å². The average Bonchev–Trinajstić information content (AvgIpc) is 2.51. The van der Waals surface area contributed by atoms with Crippen molar-refractivity contribution < 1.29 is 4.79 Å². The summed E-state index contributed by atoms with van der Waals surface area (Å²) in [5.41, 5.74) is 0.628. The van der Waals surface area contributed by atoms with Gasteiger partial charge in [0.15, 0.2) is 0 Å². The minimum Gasteiger partial charge on any atom is -0.349 e. The van der Waals surface area contributed by atoms with Gasteiger partial charge in [0, 0.05) is 16.8 Å². The van der Waals surface area contributed by atoms with Crippen LogP contribution in [0.5, 0.6) is 0 Å². The molecule has 5 heteroatoms. The van der Waals surface area contributed by atoms with Crippen LogP contribution in [0, 0.1) is 0 Å². The topological polar surface area (TPSA) is 29.1 Å². The predicted octanol–water partition coefficient (Wildman–Crippen LogP) is 2.91. The predicted molar refractivity (Wildman–Crippen MR) is 60.1 cm³/mol. The monoisotopic (exact) mass is 281 g/mol. The molecule has 0 fully saturated rings. The third-order valence-corrected chi connectivity index (χ3v) is 3.50. The fourth-order valence-corrected chi connectivity index (χ4v) is 1.80. The highest BCUT2D eigenvalue weighted by atomic mass is 79.9. The van der Waals surface area contributed by atoms with E-state index >= 15 is 0 Å². The van der Waals surface area contributed by atoms with Crippen molar-refractivity contribution in [3.63, 3.8) is 0 Å². The Kier molecular flexibility index (Phi) is 4.22. The van der Waals surface area contributed by atoms with Crippen LogP contribution in [0.25, 0.3) is 0 Å². The standard InChI is InChI=1S/C8H9BrClNOS/c1-5(3-9)11-8(12)6-2-7(10)13-4-6/h2,4-5H,3H2,1H3,(H,11,12). The van der Waals surface area contributed by atoms with Crippen molar-refractivity contribution in [1.82, 2.24) is 5.32 Å². The van der Waals surface area contributed by atoms with E-state index in [9.17, 15) is 4.79 Å². The lowest BCUT2D eigenvalue weighted by atomic mass is 10.3. The maximum atomic E-state index is 11.4. The molecule has 0 aliphatic carbocycles. The molecule has 1 heterocycles. The highest BCUT2D eigenvalue weighted by Gasteiger charge is 2.09. The third kappa shape index (κ3) is 3.29. The minimum atomic E-state index is -0.0740. The van der Waals surface area contributed by atoms with Crippen molar-refractivity contribution in [3.05, 3.63) is 21.3 Å². The maximum absolute atomic E-state index is 11.4. The summed E-state index contributed by atoms with van der Waals surface area (Å²) in [5.74, 6) is -0.0740. The highest BCUT2D eigenvalue weighted by Crippen LogP contribution is 2.19. The molecule has 1 amide bonds. The summed E-state index contributed by atoms with van der Waals surface area (Å²) in [6, 6.07) is 1.80. The first kappa shape index (κ1) is 11.0. The highest BCUT2D eigenvalue weighted by molar-refractivity contribution is 9.09. The van der Waals surface area contributed by atoms with Crippen LogP contribution in [0.4, 0.5) is 0 Å². The molecule has 0 aliphatic rings. The Morgan fingerprint density at radius 3 is 3.00 bits per heavy atom. The fraction of sp³-hybridized carbons (Fsp3) is 0.375. The van der Waals surface area contributed by atoms with E-state index in [0.29, 0.717) is 9.90 Å². The molecule has 72 valence electrons. The number of alkyl halides is 1. The van der Waals surface area contributed by atoms with Crippen molar-refractivity contribution in [2.75, 3.05) is 5.33 Å². The van der Waals surface area contributed by atoms with Crippen molar-refractivity contribution in [2.45, 2.75) is 13.0 Å². The lowest BCUT2D eigenvalue weighted by molar-refractivity contribution is 0.0944. The van der Waals surface area contributed by atoms with Crippen LogP contribution in [-0.2, 0) is 0 Å². The summed E-state index contributed by atoms with van der Waals surface area (Å²) < 4.78 is 0.636. The van der Waals surface area contributed by atoms with Crippen molar-refractivity contribution >= 4 is 44.8 Å². The zero-order valence-corrected chi connectivity index (χ0v) is 10.2. The third-order valence-electron chi connectivity index (χ3n) is 1.44. The summed E-state index contributed by atoms with van der Waals surface area (Å²) in [7, 11) is 0. The number of carbonyl (C=O) groups is 1. The molecule has 0 radical (unpaired) electrons. The van der Waals surface area contributed by atoms with Gasteiger partial charge < -0.3 is 5.32 Å². The SMILES string of the molecule is CC(CBr)NC(=O)c1csc(Cl)c1. The average molecular weight is 283 g/mol. The molecule has 1 rings (SSSR count). The van der Waals surface area contributed by atoms with E-state index in [0.717, 1.165) is 5.33 Å². The smallest absolute Gasteiger partial charge is 0.252 e. The van der Waals surface area contributed by atoms with Crippen LogP contribution < -0.4 is 5.32 Å². The fourth-order valence-electron chi connectivity index (χ4n) is 0.775. The second-order valence-corrected chi connectivity index (χ2v) is 4.86. The molecular formula is C8H9BrClNOS. The lowest BCUT2D eigenvalue weighted by Gasteiger charge is -2.08.